The van der Waals surface area contributed by atoms with E-state index in [1.165, 1.54) is 16.0 Å². The molecule has 2 aliphatic rings. The monoisotopic (exact) mass is 313 g/mol. The van der Waals surface area contributed by atoms with Crippen LogP contribution < -0.4 is 0 Å². The molecule has 2 aliphatic heterocycles. The maximum Gasteiger partial charge on any atom is 0.411 e. The molecule has 0 unspecified atom stereocenters. The lowest BCUT2D eigenvalue weighted by Gasteiger charge is -2.25. The highest BCUT2D eigenvalue weighted by molar-refractivity contribution is 5.84. The number of hydrogen-bond donors (Lipinski definition) is 3. The van der Waals surface area contributed by atoms with Gasteiger partial charge in [0.1, 0.15) is 0 Å². The summed E-state index contributed by atoms with van der Waals surface area (Å²) in [6.45, 7) is 0.278. The summed E-state index contributed by atoms with van der Waals surface area (Å²) in [7, 11) is 0. The summed E-state index contributed by atoms with van der Waals surface area (Å²) < 4.78 is 0. The molecule has 1 aromatic carbocycles. The van der Waals surface area contributed by atoms with Crippen LogP contribution in [0, 0.1) is 0 Å². The number of amides is 2. The van der Waals surface area contributed by atoms with Crippen LogP contribution in [0.3, 0.4) is 0 Å². The number of hydrogen-bond acceptors (Lipinski definition) is 2. The number of para-hydroxylation sites is 1. The Labute approximate surface area is 131 Å². The van der Waals surface area contributed by atoms with Crippen LogP contribution in [0.4, 0.5) is 9.59 Å². The fourth-order valence-corrected chi connectivity index (χ4v) is 3.80. The highest BCUT2D eigenvalue weighted by atomic mass is 16.4. The maximum atomic E-state index is 11.5. The number of rotatable bonds is 1. The van der Waals surface area contributed by atoms with E-state index in [1.807, 2.05) is 30.5 Å². The predicted octanol–water partition coefficient (Wildman–Crippen LogP) is 2.49. The highest BCUT2D eigenvalue weighted by Gasteiger charge is 2.50. The summed E-state index contributed by atoms with van der Waals surface area (Å²) in [5, 5.41) is 19.8. The molecule has 2 amide bonds. The van der Waals surface area contributed by atoms with Crippen LogP contribution in [0.15, 0.2) is 42.7 Å². The summed E-state index contributed by atoms with van der Waals surface area (Å²) in [5.41, 5.74) is 1.91. The minimum Gasteiger partial charge on any atom is -0.465 e. The highest BCUT2D eigenvalue weighted by Crippen LogP contribution is 2.41. The van der Waals surface area contributed by atoms with Crippen molar-refractivity contribution in [1.82, 2.24) is 14.8 Å². The molecule has 7 heteroatoms. The number of carboxylic acid groups (broad SMARTS) is 2. The number of fused-ring (bicyclic) bond motifs is 2. The topological polar surface area (TPSA) is 96.9 Å². The first-order valence-corrected chi connectivity index (χ1v) is 7.33. The number of H-pyrrole nitrogens is 1. The van der Waals surface area contributed by atoms with Crippen LogP contribution in [0.5, 0.6) is 0 Å². The van der Waals surface area contributed by atoms with Crippen molar-refractivity contribution in [1.29, 1.82) is 0 Å². The van der Waals surface area contributed by atoms with Crippen molar-refractivity contribution in [3.63, 3.8) is 0 Å². The molecule has 3 N–H and O–H groups in total. The first-order chi connectivity index (χ1) is 11.1. The Hall–Kier alpha value is -2.96. The Balaban J connectivity index is 1.81. The standard InChI is InChI=1S/C16H15N3O4/c20-15(21)18-6-5-13-14(18)11(8-19(13)16(22)23)10-7-17-12-4-2-1-3-9(10)12/h1-7,11,13-14,17H,8H2,(H,20,21)(H,22,23)/t11-,13-,14-/m1/s1. The van der Waals surface area contributed by atoms with Crippen LogP contribution in [0.2, 0.25) is 0 Å². The SMILES string of the molecule is O=C(O)N1C=C[C@@H]2[C@H]1[C@@H](c1c[nH]c3ccccc13)CN2C(=O)O. The number of aromatic amines is 1. The molecule has 1 fully saturated rings. The van der Waals surface area contributed by atoms with Crippen molar-refractivity contribution in [2.75, 3.05) is 6.54 Å². The van der Waals surface area contributed by atoms with E-state index < -0.39 is 24.3 Å². The van der Waals surface area contributed by atoms with E-state index in [0.717, 1.165) is 16.5 Å². The molecular weight excluding hydrogens is 298 g/mol. The Morgan fingerprint density at radius 2 is 1.96 bits per heavy atom. The molecule has 0 saturated carbocycles. The van der Waals surface area contributed by atoms with Crippen LogP contribution in [0.25, 0.3) is 10.9 Å². The van der Waals surface area contributed by atoms with Crippen LogP contribution in [0.1, 0.15) is 11.5 Å². The van der Waals surface area contributed by atoms with E-state index >= 15 is 0 Å². The van der Waals surface area contributed by atoms with Crippen molar-refractivity contribution < 1.29 is 19.8 Å². The van der Waals surface area contributed by atoms with E-state index in [2.05, 4.69) is 4.98 Å². The van der Waals surface area contributed by atoms with E-state index in [-0.39, 0.29) is 12.5 Å². The molecule has 2 aromatic rings. The molecule has 0 spiro atoms. The van der Waals surface area contributed by atoms with Crippen molar-refractivity contribution >= 4 is 23.1 Å². The Bertz CT molecular complexity index is 828. The molecule has 7 nitrogen and oxygen atoms in total. The molecule has 4 rings (SSSR count). The van der Waals surface area contributed by atoms with Crippen molar-refractivity contribution in [2.45, 2.75) is 18.0 Å². The van der Waals surface area contributed by atoms with E-state index in [0.29, 0.717) is 0 Å². The number of likely N-dealkylation sites (tertiary alicyclic amines) is 1. The zero-order valence-corrected chi connectivity index (χ0v) is 12.1. The van der Waals surface area contributed by atoms with Gasteiger partial charge in [-0.1, -0.05) is 18.2 Å². The fourth-order valence-electron chi connectivity index (χ4n) is 3.80. The fraction of sp³-hybridized carbons (Fsp3) is 0.250. The van der Waals surface area contributed by atoms with Gasteiger partial charge in [0.05, 0.1) is 12.1 Å². The molecule has 23 heavy (non-hydrogen) atoms. The summed E-state index contributed by atoms with van der Waals surface area (Å²) >= 11 is 0. The minimum absolute atomic E-state index is 0.210. The third-order valence-corrected chi connectivity index (χ3v) is 4.77. The molecule has 118 valence electrons. The smallest absolute Gasteiger partial charge is 0.411 e. The van der Waals surface area contributed by atoms with Crippen molar-refractivity contribution in [2.24, 2.45) is 0 Å². The number of carbonyl (C=O) groups is 2. The minimum atomic E-state index is -1.06. The summed E-state index contributed by atoms with van der Waals surface area (Å²) in [6.07, 6.45) is 2.89. The summed E-state index contributed by atoms with van der Waals surface area (Å²) in [4.78, 5) is 28.7. The molecule has 3 atom stereocenters. The van der Waals surface area contributed by atoms with Gasteiger partial charge < -0.3 is 15.2 Å². The molecule has 0 aliphatic carbocycles. The second kappa shape index (κ2) is 4.77. The second-order valence-corrected chi connectivity index (χ2v) is 5.84. The zero-order chi connectivity index (χ0) is 16.1. The first-order valence-electron chi connectivity index (χ1n) is 7.33. The van der Waals surface area contributed by atoms with Crippen molar-refractivity contribution in [3.8, 4) is 0 Å². The van der Waals surface area contributed by atoms with Gasteiger partial charge in [0.15, 0.2) is 0 Å². The maximum absolute atomic E-state index is 11.5. The largest absolute Gasteiger partial charge is 0.465 e. The quantitative estimate of drug-likeness (QED) is 0.753. The lowest BCUT2D eigenvalue weighted by molar-refractivity contribution is 0.134. The van der Waals surface area contributed by atoms with Gasteiger partial charge in [-0.05, 0) is 17.7 Å². The molecule has 3 heterocycles. The van der Waals surface area contributed by atoms with Crippen LogP contribution in [-0.2, 0) is 0 Å². The average molecular weight is 313 g/mol. The Morgan fingerprint density at radius 1 is 1.17 bits per heavy atom. The summed E-state index contributed by atoms with van der Waals surface area (Å²) in [6, 6.07) is 6.88. The number of nitrogens with one attached hydrogen (secondary N) is 1. The van der Waals surface area contributed by atoms with E-state index in [1.54, 1.807) is 6.08 Å². The van der Waals surface area contributed by atoms with Gasteiger partial charge in [-0.3, -0.25) is 9.80 Å². The third-order valence-electron chi connectivity index (χ3n) is 4.77. The third kappa shape index (κ3) is 1.89. The molecule has 1 saturated heterocycles. The summed E-state index contributed by atoms with van der Waals surface area (Å²) in [5.74, 6) is -0.210. The van der Waals surface area contributed by atoms with Crippen LogP contribution >= 0.6 is 0 Å². The lowest BCUT2D eigenvalue weighted by Crippen LogP contribution is -2.42. The van der Waals surface area contributed by atoms with E-state index in [4.69, 9.17) is 0 Å². The lowest BCUT2D eigenvalue weighted by atomic mass is 9.91. The van der Waals surface area contributed by atoms with Gasteiger partial charge >= 0.3 is 12.2 Å². The number of nitrogens with zero attached hydrogens (tertiary/aromatic N) is 2. The van der Waals surface area contributed by atoms with Gasteiger partial charge in [-0.2, -0.15) is 0 Å². The Kier molecular flexibility index (Phi) is 2.84. The normalized spacial score (nSPS) is 26.0. The molecule has 0 radical (unpaired) electrons. The van der Waals surface area contributed by atoms with Crippen molar-refractivity contribution in [3.05, 3.63) is 48.3 Å². The zero-order valence-electron chi connectivity index (χ0n) is 12.1. The van der Waals surface area contributed by atoms with Gasteiger partial charge in [0, 0.05) is 35.8 Å². The molecular formula is C16H15N3O4. The van der Waals surface area contributed by atoms with E-state index in [9.17, 15) is 19.8 Å². The van der Waals surface area contributed by atoms with Gasteiger partial charge in [-0.15, -0.1) is 0 Å². The first kappa shape index (κ1) is 13.7. The van der Waals surface area contributed by atoms with Crippen LogP contribution in [-0.4, -0.2) is 55.8 Å². The second-order valence-electron chi connectivity index (χ2n) is 5.84. The number of aromatic nitrogens is 1. The molecule has 1 aromatic heterocycles. The number of benzene rings is 1. The predicted molar refractivity (Wildman–Crippen MR) is 82.4 cm³/mol. The average Bonchev–Trinajstić information content (AvgIpc) is 3.19. The Morgan fingerprint density at radius 3 is 2.70 bits per heavy atom. The van der Waals surface area contributed by atoms with Gasteiger partial charge in [-0.25, -0.2) is 9.59 Å². The van der Waals surface area contributed by atoms with Gasteiger partial charge in [0.2, 0.25) is 0 Å². The molecule has 0 bridgehead atoms. The van der Waals surface area contributed by atoms with Gasteiger partial charge in [0.25, 0.3) is 0 Å².